The third kappa shape index (κ3) is 4.07. The number of amides is 1. The lowest BCUT2D eigenvalue weighted by Crippen LogP contribution is -2.40. The van der Waals surface area contributed by atoms with Crippen LogP contribution in [-0.4, -0.2) is 24.8 Å². The summed E-state index contributed by atoms with van der Waals surface area (Å²) in [6, 6.07) is 21.0. The predicted octanol–water partition coefficient (Wildman–Crippen LogP) is 4.36. The van der Waals surface area contributed by atoms with Gasteiger partial charge in [-0.25, -0.2) is 4.79 Å². The molecule has 4 heteroatoms. The zero-order valence-corrected chi connectivity index (χ0v) is 15.0. The highest BCUT2D eigenvalue weighted by molar-refractivity contribution is 5.87. The van der Waals surface area contributed by atoms with Crippen LogP contribution >= 0.6 is 0 Å². The van der Waals surface area contributed by atoms with Gasteiger partial charge in [0.2, 0.25) is 0 Å². The molecule has 2 aliphatic rings. The highest BCUT2D eigenvalue weighted by Crippen LogP contribution is 2.31. The number of nitrogens with zero attached hydrogens (tertiary/aromatic N) is 1. The Morgan fingerprint density at radius 1 is 0.962 bits per heavy atom. The second kappa shape index (κ2) is 7.92. The fourth-order valence-electron chi connectivity index (χ4n) is 4.21. The van der Waals surface area contributed by atoms with Crippen molar-refractivity contribution in [2.45, 2.75) is 44.3 Å². The topological polar surface area (TPSA) is 41.6 Å². The van der Waals surface area contributed by atoms with Crippen LogP contribution in [0.15, 0.2) is 60.7 Å². The zero-order chi connectivity index (χ0) is 17.8. The van der Waals surface area contributed by atoms with Gasteiger partial charge in [-0.05, 0) is 49.3 Å². The lowest BCUT2D eigenvalue weighted by Gasteiger charge is -2.29. The van der Waals surface area contributed by atoms with E-state index in [1.165, 1.54) is 12.8 Å². The third-order valence-electron chi connectivity index (χ3n) is 5.48. The Morgan fingerprint density at radius 3 is 2.23 bits per heavy atom. The number of piperidine rings is 1. The molecule has 4 nitrogen and oxygen atoms in total. The standard InChI is InChI=1S/C22H26N2O2/c25-22(26-16-18-13-19-11-12-20(14-18)23-19)24(21-9-5-2-6-10-21)15-17-7-3-1-4-8-17/h1-10,18-20,23H,11-16H2. The summed E-state index contributed by atoms with van der Waals surface area (Å²) >= 11 is 0. The first-order chi connectivity index (χ1) is 12.8. The first kappa shape index (κ1) is 17.1. The van der Waals surface area contributed by atoms with Gasteiger partial charge in [0.25, 0.3) is 0 Å². The molecular weight excluding hydrogens is 324 g/mol. The van der Waals surface area contributed by atoms with Crippen LogP contribution in [0.4, 0.5) is 10.5 Å². The third-order valence-corrected chi connectivity index (χ3v) is 5.48. The Kier molecular flexibility index (Phi) is 5.21. The first-order valence-electron chi connectivity index (χ1n) is 9.57. The van der Waals surface area contributed by atoms with Crippen molar-refractivity contribution in [3.63, 3.8) is 0 Å². The van der Waals surface area contributed by atoms with E-state index in [1.54, 1.807) is 4.90 Å². The summed E-state index contributed by atoms with van der Waals surface area (Å²) in [5, 5.41) is 3.64. The molecule has 0 aliphatic carbocycles. The summed E-state index contributed by atoms with van der Waals surface area (Å²) in [5.41, 5.74) is 1.96. The maximum absolute atomic E-state index is 12.9. The van der Waals surface area contributed by atoms with Gasteiger partial charge in [-0.3, -0.25) is 4.90 Å². The average molecular weight is 350 g/mol. The Balaban J connectivity index is 1.42. The molecule has 0 spiro atoms. The Bertz CT molecular complexity index is 707. The SMILES string of the molecule is O=C(OCC1CC2CCC(C1)N2)N(Cc1ccccc1)c1ccccc1. The monoisotopic (exact) mass is 350 g/mol. The molecule has 2 fully saturated rings. The Labute approximate surface area is 155 Å². The minimum absolute atomic E-state index is 0.258. The van der Waals surface area contributed by atoms with Crippen molar-refractivity contribution in [3.8, 4) is 0 Å². The van der Waals surface area contributed by atoms with Crippen LogP contribution in [-0.2, 0) is 11.3 Å². The molecule has 0 saturated carbocycles. The van der Waals surface area contributed by atoms with Crippen LogP contribution < -0.4 is 10.2 Å². The van der Waals surface area contributed by atoms with Gasteiger partial charge in [-0.1, -0.05) is 48.5 Å². The number of para-hydroxylation sites is 1. The number of hydrogen-bond acceptors (Lipinski definition) is 3. The number of fused-ring (bicyclic) bond motifs is 2. The molecule has 136 valence electrons. The van der Waals surface area contributed by atoms with Gasteiger partial charge in [0, 0.05) is 17.8 Å². The van der Waals surface area contributed by atoms with E-state index in [0.29, 0.717) is 31.2 Å². The van der Waals surface area contributed by atoms with Crippen LogP contribution in [0, 0.1) is 5.92 Å². The summed E-state index contributed by atoms with van der Waals surface area (Å²) in [6.45, 7) is 1.03. The van der Waals surface area contributed by atoms with Crippen LogP contribution in [0.5, 0.6) is 0 Å². The maximum Gasteiger partial charge on any atom is 0.414 e. The molecule has 2 unspecified atom stereocenters. The summed E-state index contributed by atoms with van der Waals surface area (Å²) < 4.78 is 5.75. The van der Waals surface area contributed by atoms with E-state index in [2.05, 4.69) is 5.32 Å². The molecule has 1 amide bonds. The van der Waals surface area contributed by atoms with Crippen LogP contribution in [0.2, 0.25) is 0 Å². The lowest BCUT2D eigenvalue weighted by molar-refractivity contribution is 0.116. The Hall–Kier alpha value is -2.33. The lowest BCUT2D eigenvalue weighted by atomic mass is 9.93. The van der Waals surface area contributed by atoms with E-state index in [1.807, 2.05) is 60.7 Å². The fraction of sp³-hybridized carbons (Fsp3) is 0.409. The van der Waals surface area contributed by atoms with E-state index < -0.39 is 0 Å². The number of carbonyl (C=O) groups excluding carboxylic acids is 1. The van der Waals surface area contributed by atoms with E-state index in [-0.39, 0.29) is 6.09 Å². The van der Waals surface area contributed by atoms with Crippen LogP contribution in [0.1, 0.15) is 31.2 Å². The summed E-state index contributed by atoms with van der Waals surface area (Å²) in [4.78, 5) is 14.6. The van der Waals surface area contributed by atoms with Crippen molar-refractivity contribution in [1.29, 1.82) is 0 Å². The maximum atomic E-state index is 12.9. The number of anilines is 1. The largest absolute Gasteiger partial charge is 0.449 e. The highest BCUT2D eigenvalue weighted by atomic mass is 16.6. The molecule has 2 heterocycles. The second-order valence-electron chi connectivity index (χ2n) is 7.46. The molecule has 2 atom stereocenters. The van der Waals surface area contributed by atoms with E-state index >= 15 is 0 Å². The summed E-state index contributed by atoms with van der Waals surface area (Å²) in [5.74, 6) is 0.479. The smallest absolute Gasteiger partial charge is 0.414 e. The van der Waals surface area contributed by atoms with Gasteiger partial charge in [0.05, 0.1) is 13.2 Å². The second-order valence-corrected chi connectivity index (χ2v) is 7.46. The zero-order valence-electron chi connectivity index (χ0n) is 15.0. The molecular formula is C22H26N2O2. The number of carbonyl (C=O) groups is 1. The van der Waals surface area contributed by atoms with E-state index in [9.17, 15) is 4.79 Å². The minimum Gasteiger partial charge on any atom is -0.449 e. The van der Waals surface area contributed by atoms with Gasteiger partial charge in [-0.2, -0.15) is 0 Å². The molecule has 2 saturated heterocycles. The van der Waals surface area contributed by atoms with Crippen molar-refractivity contribution >= 4 is 11.8 Å². The molecule has 0 radical (unpaired) electrons. The van der Waals surface area contributed by atoms with Crippen LogP contribution in [0.25, 0.3) is 0 Å². The molecule has 2 aliphatic heterocycles. The van der Waals surface area contributed by atoms with Gasteiger partial charge in [0.1, 0.15) is 0 Å². The molecule has 1 N–H and O–H groups in total. The molecule has 4 rings (SSSR count). The molecule has 26 heavy (non-hydrogen) atoms. The number of ether oxygens (including phenoxy) is 1. The van der Waals surface area contributed by atoms with Crippen molar-refractivity contribution in [1.82, 2.24) is 5.32 Å². The first-order valence-corrected chi connectivity index (χ1v) is 9.57. The van der Waals surface area contributed by atoms with Gasteiger partial charge < -0.3 is 10.1 Å². The summed E-state index contributed by atoms with van der Waals surface area (Å²) in [6.07, 6.45) is 4.51. The van der Waals surface area contributed by atoms with Gasteiger partial charge >= 0.3 is 6.09 Å². The molecule has 2 aromatic carbocycles. The predicted molar refractivity (Wildman–Crippen MR) is 103 cm³/mol. The minimum atomic E-state index is -0.258. The van der Waals surface area contributed by atoms with Gasteiger partial charge in [0.15, 0.2) is 0 Å². The number of benzene rings is 2. The number of nitrogens with one attached hydrogen (secondary N) is 1. The van der Waals surface area contributed by atoms with E-state index in [4.69, 9.17) is 4.74 Å². The van der Waals surface area contributed by atoms with E-state index in [0.717, 1.165) is 24.1 Å². The normalized spacial score (nSPS) is 24.2. The molecule has 2 bridgehead atoms. The Morgan fingerprint density at radius 2 is 1.58 bits per heavy atom. The number of rotatable bonds is 5. The van der Waals surface area contributed by atoms with Crippen molar-refractivity contribution < 1.29 is 9.53 Å². The fourth-order valence-corrected chi connectivity index (χ4v) is 4.21. The highest BCUT2D eigenvalue weighted by Gasteiger charge is 2.34. The van der Waals surface area contributed by atoms with Crippen molar-refractivity contribution in [2.24, 2.45) is 5.92 Å². The van der Waals surface area contributed by atoms with Crippen molar-refractivity contribution in [2.75, 3.05) is 11.5 Å². The van der Waals surface area contributed by atoms with Crippen molar-refractivity contribution in [3.05, 3.63) is 66.2 Å². The number of hydrogen-bond donors (Lipinski definition) is 1. The van der Waals surface area contributed by atoms with Gasteiger partial charge in [-0.15, -0.1) is 0 Å². The molecule has 0 aromatic heterocycles. The quantitative estimate of drug-likeness (QED) is 0.871. The summed E-state index contributed by atoms with van der Waals surface area (Å²) in [7, 11) is 0. The molecule has 2 aromatic rings. The average Bonchev–Trinajstić information content (AvgIpc) is 3.04. The van der Waals surface area contributed by atoms with Crippen LogP contribution in [0.3, 0.4) is 0 Å².